The highest BCUT2D eigenvalue weighted by atomic mass is 19.1. The van der Waals surface area contributed by atoms with Crippen LogP contribution < -0.4 is 5.32 Å². The van der Waals surface area contributed by atoms with Gasteiger partial charge in [-0.05, 0) is 36.4 Å². The summed E-state index contributed by atoms with van der Waals surface area (Å²) in [5.74, 6) is -0.625. The molecule has 9 nitrogen and oxygen atoms in total. The van der Waals surface area contributed by atoms with Crippen molar-refractivity contribution in [3.63, 3.8) is 0 Å². The van der Waals surface area contributed by atoms with E-state index in [9.17, 15) is 9.50 Å². The van der Waals surface area contributed by atoms with E-state index in [1.807, 2.05) is 18.2 Å². The molecule has 1 unspecified atom stereocenters. The summed E-state index contributed by atoms with van der Waals surface area (Å²) in [4.78, 5) is 20.9. The van der Waals surface area contributed by atoms with E-state index in [2.05, 4.69) is 35.5 Å². The van der Waals surface area contributed by atoms with Crippen molar-refractivity contribution in [2.45, 2.75) is 6.23 Å². The van der Waals surface area contributed by atoms with Crippen LogP contribution in [0.4, 0.5) is 14.5 Å². The zero-order valence-corrected chi connectivity index (χ0v) is 21.2. The van der Waals surface area contributed by atoms with E-state index < -0.39 is 12.0 Å². The summed E-state index contributed by atoms with van der Waals surface area (Å²) in [6.07, 6.45) is 5.18. The molecule has 11 heteroatoms. The lowest BCUT2D eigenvalue weighted by Gasteiger charge is -2.15. The predicted octanol–water partition coefficient (Wildman–Crippen LogP) is 6.01. The molecule has 0 saturated heterocycles. The average molecular weight is 547 g/mol. The van der Waals surface area contributed by atoms with Crippen molar-refractivity contribution in [2.75, 3.05) is 5.32 Å². The van der Waals surface area contributed by atoms with Crippen LogP contribution in [0.25, 0.3) is 56.0 Å². The SMILES string of the molecule is OC(Nc1cncc(-c2ncc3[nH]nc(-c4nc5c(-c6ccc(F)cc6)nccc5[nH]4)c3c2F)c1)c1ccccc1. The van der Waals surface area contributed by atoms with Gasteiger partial charge in [0.05, 0.1) is 40.2 Å². The van der Waals surface area contributed by atoms with Gasteiger partial charge in [-0.15, -0.1) is 0 Å². The molecule has 41 heavy (non-hydrogen) atoms. The second-order valence-corrected chi connectivity index (χ2v) is 9.35. The maximum Gasteiger partial charge on any atom is 0.161 e. The van der Waals surface area contributed by atoms with Gasteiger partial charge in [-0.1, -0.05) is 30.3 Å². The van der Waals surface area contributed by atoms with Gasteiger partial charge in [-0.3, -0.25) is 20.1 Å². The van der Waals surface area contributed by atoms with Gasteiger partial charge in [-0.25, -0.2) is 13.8 Å². The Bertz CT molecular complexity index is 2020. The summed E-state index contributed by atoms with van der Waals surface area (Å²) in [5.41, 5.74) is 4.76. The van der Waals surface area contributed by atoms with Gasteiger partial charge >= 0.3 is 0 Å². The van der Waals surface area contributed by atoms with E-state index in [0.29, 0.717) is 50.4 Å². The number of hydrogen-bond acceptors (Lipinski definition) is 7. The number of imidazole rings is 1. The summed E-state index contributed by atoms with van der Waals surface area (Å²) in [6.45, 7) is 0. The number of aliphatic hydroxyl groups excluding tert-OH is 1. The largest absolute Gasteiger partial charge is 0.369 e. The van der Waals surface area contributed by atoms with Gasteiger partial charge in [-0.2, -0.15) is 5.10 Å². The van der Waals surface area contributed by atoms with Crippen LogP contribution >= 0.6 is 0 Å². The minimum Gasteiger partial charge on any atom is -0.369 e. The van der Waals surface area contributed by atoms with Crippen molar-refractivity contribution in [3.05, 3.63) is 109 Å². The molecule has 0 aliphatic carbocycles. The van der Waals surface area contributed by atoms with E-state index in [1.165, 1.54) is 30.7 Å². The number of pyridine rings is 3. The molecule has 0 aliphatic rings. The quantitative estimate of drug-likeness (QED) is 0.188. The van der Waals surface area contributed by atoms with E-state index in [4.69, 9.17) is 4.98 Å². The molecule has 0 aliphatic heterocycles. The summed E-state index contributed by atoms with van der Waals surface area (Å²) in [5, 5.41) is 20.9. The number of anilines is 1. The summed E-state index contributed by atoms with van der Waals surface area (Å²) in [7, 11) is 0. The van der Waals surface area contributed by atoms with Crippen LogP contribution in [0, 0.1) is 11.6 Å². The lowest BCUT2D eigenvalue weighted by atomic mass is 10.1. The average Bonchev–Trinajstić information content (AvgIpc) is 3.63. The number of halogens is 2. The molecule has 0 spiro atoms. The number of aromatic nitrogens is 7. The Hall–Kier alpha value is -5.55. The highest BCUT2D eigenvalue weighted by molar-refractivity contribution is 5.97. The Morgan fingerprint density at radius 2 is 1.63 bits per heavy atom. The smallest absolute Gasteiger partial charge is 0.161 e. The third-order valence-electron chi connectivity index (χ3n) is 6.72. The van der Waals surface area contributed by atoms with Crippen LogP contribution in [0.15, 0.2) is 91.5 Å². The standard InChI is InChI=1S/C30H20F2N8O/c31-19-8-6-16(7-9-19)26-27-21(10-11-34-26)37-29(38-27)28-23-22(39-40-28)15-35-25(24(23)32)18-12-20(14-33-13-18)36-30(41)17-4-2-1-3-5-17/h1-15,30,36,41H,(H,37,38)(H,39,40). The van der Waals surface area contributed by atoms with Crippen LogP contribution in [-0.2, 0) is 0 Å². The van der Waals surface area contributed by atoms with Crippen molar-refractivity contribution in [3.8, 4) is 34.0 Å². The zero-order chi connectivity index (χ0) is 27.9. The highest BCUT2D eigenvalue weighted by Gasteiger charge is 2.22. The second kappa shape index (κ2) is 9.88. The molecule has 2 aromatic carbocycles. The van der Waals surface area contributed by atoms with Gasteiger partial charge in [0.15, 0.2) is 17.9 Å². The maximum absolute atomic E-state index is 16.1. The third-order valence-corrected chi connectivity index (χ3v) is 6.72. The van der Waals surface area contributed by atoms with Crippen LogP contribution in [0.3, 0.4) is 0 Å². The van der Waals surface area contributed by atoms with Gasteiger partial charge in [0.25, 0.3) is 0 Å². The molecule has 0 bridgehead atoms. The van der Waals surface area contributed by atoms with Crippen LogP contribution in [-0.4, -0.2) is 40.2 Å². The van der Waals surface area contributed by atoms with Crippen LogP contribution in [0.2, 0.25) is 0 Å². The van der Waals surface area contributed by atoms with Gasteiger partial charge in [0.1, 0.15) is 22.7 Å². The Balaban J connectivity index is 1.28. The molecular weight excluding hydrogens is 526 g/mol. The number of H-pyrrole nitrogens is 2. The first kappa shape index (κ1) is 24.5. The Labute approximate surface area is 231 Å². The highest BCUT2D eigenvalue weighted by Crippen LogP contribution is 2.34. The molecule has 1 atom stereocenters. The first-order chi connectivity index (χ1) is 20.0. The third kappa shape index (κ3) is 4.43. The molecule has 4 N–H and O–H groups in total. The molecule has 0 radical (unpaired) electrons. The fraction of sp³-hybridized carbons (Fsp3) is 0.0333. The molecule has 5 heterocycles. The Morgan fingerprint density at radius 3 is 2.46 bits per heavy atom. The Kier molecular flexibility index (Phi) is 5.90. The molecule has 0 amide bonds. The molecular formula is C30H20F2N8O. The monoisotopic (exact) mass is 546 g/mol. The Morgan fingerprint density at radius 1 is 0.805 bits per heavy atom. The first-order valence-corrected chi connectivity index (χ1v) is 12.6. The fourth-order valence-corrected chi connectivity index (χ4v) is 4.74. The maximum atomic E-state index is 16.1. The second-order valence-electron chi connectivity index (χ2n) is 9.35. The summed E-state index contributed by atoms with van der Waals surface area (Å²) in [6, 6.07) is 18.5. The van der Waals surface area contributed by atoms with E-state index in [1.54, 1.807) is 42.6 Å². The molecule has 200 valence electrons. The number of aromatic amines is 2. The molecule has 7 aromatic rings. The van der Waals surface area contributed by atoms with Gasteiger partial charge in [0.2, 0.25) is 0 Å². The van der Waals surface area contributed by atoms with Crippen molar-refractivity contribution < 1.29 is 13.9 Å². The van der Waals surface area contributed by atoms with Crippen molar-refractivity contribution in [2.24, 2.45) is 0 Å². The normalized spacial score (nSPS) is 12.2. The summed E-state index contributed by atoms with van der Waals surface area (Å²) < 4.78 is 29.6. The number of hydrogen-bond donors (Lipinski definition) is 4. The minimum absolute atomic E-state index is 0.0651. The fourth-order valence-electron chi connectivity index (χ4n) is 4.74. The minimum atomic E-state index is -0.976. The topological polar surface area (TPSA) is 128 Å². The number of nitrogens with one attached hydrogen (secondary N) is 3. The van der Waals surface area contributed by atoms with E-state index >= 15 is 4.39 Å². The van der Waals surface area contributed by atoms with Gasteiger partial charge < -0.3 is 15.4 Å². The number of aliphatic hydroxyl groups is 1. The van der Waals surface area contributed by atoms with Crippen molar-refractivity contribution >= 4 is 27.6 Å². The van der Waals surface area contributed by atoms with Crippen LogP contribution in [0.5, 0.6) is 0 Å². The van der Waals surface area contributed by atoms with Crippen molar-refractivity contribution in [1.29, 1.82) is 0 Å². The number of rotatable bonds is 6. The lowest BCUT2D eigenvalue weighted by Crippen LogP contribution is -2.09. The number of benzene rings is 2. The summed E-state index contributed by atoms with van der Waals surface area (Å²) >= 11 is 0. The number of fused-ring (bicyclic) bond motifs is 2. The van der Waals surface area contributed by atoms with Crippen LogP contribution in [0.1, 0.15) is 11.8 Å². The number of nitrogens with zero attached hydrogens (tertiary/aromatic N) is 5. The van der Waals surface area contributed by atoms with E-state index in [0.717, 1.165) is 0 Å². The molecule has 0 fully saturated rings. The van der Waals surface area contributed by atoms with Gasteiger partial charge in [0, 0.05) is 29.1 Å². The molecule has 0 saturated carbocycles. The first-order valence-electron chi connectivity index (χ1n) is 12.6. The van der Waals surface area contributed by atoms with Crippen molar-refractivity contribution in [1.82, 2.24) is 35.1 Å². The predicted molar refractivity (Wildman–Crippen MR) is 150 cm³/mol. The molecule has 7 rings (SSSR count). The molecule has 5 aromatic heterocycles. The zero-order valence-electron chi connectivity index (χ0n) is 21.2. The van der Waals surface area contributed by atoms with E-state index in [-0.39, 0.29) is 22.6 Å². The lowest BCUT2D eigenvalue weighted by molar-refractivity contribution is 0.208.